The van der Waals surface area contributed by atoms with E-state index in [4.69, 9.17) is 0 Å². The standard InChI is InChI=1S/C27H33F3N4O3/c1-17-6-7-23(31-14-17)26(37)10-8-22(9-11-26)34-16-21(12-18(34)2)33-24(35)15-32-25(36)19-4-3-5-20(13-19)27(28,29)30/h3-7,13-14,18,21-22,37H,8-12,15-16H2,1-2H3,(H,32,36)(H,33,35)/t18-,21+,22?,26?/m0/s1. The molecule has 1 aromatic heterocycles. The van der Waals surface area contributed by atoms with Gasteiger partial charge in [0.25, 0.3) is 5.91 Å². The molecule has 0 spiro atoms. The van der Waals surface area contributed by atoms with E-state index >= 15 is 0 Å². The number of rotatable bonds is 6. The number of halogens is 3. The quantitative estimate of drug-likeness (QED) is 0.544. The van der Waals surface area contributed by atoms with Crippen LogP contribution in [-0.2, 0) is 16.6 Å². The molecule has 10 heteroatoms. The summed E-state index contributed by atoms with van der Waals surface area (Å²) in [5.74, 6) is -1.12. The van der Waals surface area contributed by atoms with Crippen LogP contribution in [0.4, 0.5) is 13.2 Å². The van der Waals surface area contributed by atoms with Gasteiger partial charge in [-0.15, -0.1) is 0 Å². The summed E-state index contributed by atoms with van der Waals surface area (Å²) in [5.41, 5.74) is -0.223. The van der Waals surface area contributed by atoms with Crippen LogP contribution in [0.15, 0.2) is 42.6 Å². The van der Waals surface area contributed by atoms with Crippen molar-refractivity contribution in [2.45, 2.75) is 75.9 Å². The van der Waals surface area contributed by atoms with E-state index < -0.39 is 23.2 Å². The number of amides is 2. The normalized spacial score (nSPS) is 26.6. The summed E-state index contributed by atoms with van der Waals surface area (Å²) in [5, 5.41) is 16.5. The summed E-state index contributed by atoms with van der Waals surface area (Å²) >= 11 is 0. The lowest BCUT2D eigenvalue weighted by atomic mass is 9.79. The first-order valence-electron chi connectivity index (χ1n) is 12.6. The molecule has 0 bridgehead atoms. The third-order valence-corrected chi connectivity index (χ3v) is 7.49. The zero-order valence-electron chi connectivity index (χ0n) is 21.0. The maximum atomic E-state index is 12.9. The molecule has 1 aliphatic heterocycles. The highest BCUT2D eigenvalue weighted by Gasteiger charge is 2.41. The maximum absolute atomic E-state index is 12.9. The highest BCUT2D eigenvalue weighted by atomic mass is 19.4. The second-order valence-electron chi connectivity index (χ2n) is 10.3. The first-order valence-corrected chi connectivity index (χ1v) is 12.6. The average Bonchev–Trinajstić information content (AvgIpc) is 3.22. The number of benzene rings is 1. The van der Waals surface area contributed by atoms with E-state index in [1.807, 2.05) is 19.1 Å². The van der Waals surface area contributed by atoms with Crippen molar-refractivity contribution in [2.75, 3.05) is 13.1 Å². The van der Waals surface area contributed by atoms with E-state index in [0.717, 1.165) is 43.0 Å². The first-order chi connectivity index (χ1) is 17.4. The van der Waals surface area contributed by atoms with Gasteiger partial charge in [0, 0.05) is 36.4 Å². The van der Waals surface area contributed by atoms with Gasteiger partial charge in [0.1, 0.15) is 5.60 Å². The van der Waals surface area contributed by atoms with Crippen LogP contribution in [0.3, 0.4) is 0 Å². The van der Waals surface area contributed by atoms with Gasteiger partial charge in [0.15, 0.2) is 0 Å². The van der Waals surface area contributed by atoms with Gasteiger partial charge < -0.3 is 15.7 Å². The largest absolute Gasteiger partial charge is 0.416 e. The van der Waals surface area contributed by atoms with E-state index in [9.17, 15) is 27.9 Å². The van der Waals surface area contributed by atoms with E-state index in [1.165, 1.54) is 6.07 Å². The number of nitrogens with zero attached hydrogens (tertiary/aromatic N) is 2. The van der Waals surface area contributed by atoms with Crippen molar-refractivity contribution in [1.82, 2.24) is 20.5 Å². The molecule has 1 aromatic carbocycles. The maximum Gasteiger partial charge on any atom is 0.416 e. The van der Waals surface area contributed by atoms with Crippen molar-refractivity contribution in [3.63, 3.8) is 0 Å². The van der Waals surface area contributed by atoms with Gasteiger partial charge >= 0.3 is 6.18 Å². The van der Waals surface area contributed by atoms with Gasteiger partial charge in [-0.1, -0.05) is 12.1 Å². The summed E-state index contributed by atoms with van der Waals surface area (Å²) in [4.78, 5) is 31.5. The SMILES string of the molecule is Cc1ccc(C2(O)CCC(N3C[C@H](NC(=O)CNC(=O)c4cccc(C(F)(F)F)c4)C[C@@H]3C)CC2)nc1. The highest BCUT2D eigenvalue weighted by molar-refractivity contribution is 5.96. The molecule has 7 nitrogen and oxygen atoms in total. The average molecular weight is 519 g/mol. The summed E-state index contributed by atoms with van der Waals surface area (Å²) in [6, 6.07) is 8.41. The molecular weight excluding hydrogens is 485 g/mol. The second kappa shape index (κ2) is 10.8. The lowest BCUT2D eigenvalue weighted by Gasteiger charge is -2.40. The Hall–Kier alpha value is -2.98. The summed E-state index contributed by atoms with van der Waals surface area (Å²) in [6.07, 6.45) is 0.872. The number of aliphatic hydroxyl groups is 1. The van der Waals surface area contributed by atoms with Gasteiger partial charge in [0.05, 0.1) is 17.8 Å². The van der Waals surface area contributed by atoms with Crippen molar-refractivity contribution in [3.05, 3.63) is 65.0 Å². The zero-order chi connectivity index (χ0) is 26.8. The summed E-state index contributed by atoms with van der Waals surface area (Å²) < 4.78 is 38.7. The molecule has 2 aromatic rings. The second-order valence-corrected chi connectivity index (χ2v) is 10.3. The molecular formula is C27H33F3N4O3. The first kappa shape index (κ1) is 27.1. The number of likely N-dealkylation sites (tertiary alicyclic amines) is 1. The van der Waals surface area contributed by atoms with Gasteiger partial charge in [-0.3, -0.25) is 19.5 Å². The topological polar surface area (TPSA) is 94.6 Å². The molecule has 1 aliphatic carbocycles. The number of nitrogens with one attached hydrogen (secondary N) is 2. The van der Waals surface area contributed by atoms with Gasteiger partial charge in [-0.2, -0.15) is 13.2 Å². The third-order valence-electron chi connectivity index (χ3n) is 7.49. The minimum atomic E-state index is -4.55. The fraction of sp³-hybridized carbons (Fsp3) is 0.519. The van der Waals surface area contributed by atoms with Crippen LogP contribution in [-0.4, -0.2) is 58.0 Å². The number of pyridine rings is 1. The number of aromatic nitrogens is 1. The van der Waals surface area contributed by atoms with E-state index in [2.05, 4.69) is 27.4 Å². The Kier molecular flexibility index (Phi) is 7.89. The molecule has 1 saturated carbocycles. The fourth-order valence-electron chi connectivity index (χ4n) is 5.46. The smallest absolute Gasteiger partial charge is 0.384 e. The minimum Gasteiger partial charge on any atom is -0.384 e. The van der Waals surface area contributed by atoms with Gasteiger partial charge in [-0.25, -0.2) is 0 Å². The Morgan fingerprint density at radius 2 is 1.92 bits per heavy atom. The molecule has 2 fully saturated rings. The predicted molar refractivity (Wildman–Crippen MR) is 132 cm³/mol. The Balaban J connectivity index is 1.25. The number of alkyl halides is 3. The Morgan fingerprint density at radius 1 is 1.19 bits per heavy atom. The molecule has 37 heavy (non-hydrogen) atoms. The zero-order valence-corrected chi connectivity index (χ0v) is 21.0. The van der Waals surface area contributed by atoms with Crippen molar-refractivity contribution < 1.29 is 27.9 Å². The number of hydrogen-bond donors (Lipinski definition) is 3. The Bertz CT molecular complexity index is 1110. The molecule has 3 N–H and O–H groups in total. The number of aryl methyl sites for hydroxylation is 1. The predicted octanol–water partition coefficient (Wildman–Crippen LogP) is 3.55. The molecule has 1 saturated heterocycles. The van der Waals surface area contributed by atoms with Crippen LogP contribution in [0.25, 0.3) is 0 Å². The summed E-state index contributed by atoms with van der Waals surface area (Å²) in [6.45, 7) is 4.43. The molecule has 2 amide bonds. The van der Waals surface area contributed by atoms with Crippen molar-refractivity contribution in [1.29, 1.82) is 0 Å². The minimum absolute atomic E-state index is 0.0902. The molecule has 4 rings (SSSR count). The molecule has 2 aliphatic rings. The van der Waals surface area contributed by atoms with Crippen LogP contribution in [0, 0.1) is 6.92 Å². The van der Waals surface area contributed by atoms with Gasteiger partial charge in [0.2, 0.25) is 5.91 Å². The monoisotopic (exact) mass is 518 g/mol. The summed E-state index contributed by atoms with van der Waals surface area (Å²) in [7, 11) is 0. The fourth-order valence-corrected chi connectivity index (χ4v) is 5.46. The molecule has 0 unspecified atom stereocenters. The molecule has 200 valence electrons. The number of carbonyl (C=O) groups excluding carboxylic acids is 2. The van der Waals surface area contributed by atoms with Crippen LogP contribution in [0.1, 0.15) is 66.2 Å². The number of hydrogen-bond acceptors (Lipinski definition) is 5. The Labute approximate surface area is 214 Å². The van der Waals surface area contributed by atoms with Gasteiger partial charge in [-0.05, 0) is 75.8 Å². The van der Waals surface area contributed by atoms with Crippen LogP contribution in [0.2, 0.25) is 0 Å². The van der Waals surface area contributed by atoms with E-state index in [0.29, 0.717) is 31.1 Å². The van der Waals surface area contributed by atoms with E-state index in [-0.39, 0.29) is 30.1 Å². The van der Waals surface area contributed by atoms with Crippen LogP contribution in [0.5, 0.6) is 0 Å². The molecule has 2 heterocycles. The molecule has 0 radical (unpaired) electrons. The molecule has 2 atom stereocenters. The van der Waals surface area contributed by atoms with Crippen LogP contribution >= 0.6 is 0 Å². The van der Waals surface area contributed by atoms with Crippen molar-refractivity contribution >= 4 is 11.8 Å². The lowest BCUT2D eigenvalue weighted by molar-refractivity contribution is -0.137. The number of carbonyl (C=O) groups is 2. The van der Waals surface area contributed by atoms with Crippen molar-refractivity contribution in [3.8, 4) is 0 Å². The van der Waals surface area contributed by atoms with E-state index in [1.54, 1.807) is 6.20 Å². The lowest BCUT2D eigenvalue weighted by Crippen LogP contribution is -2.46. The third kappa shape index (κ3) is 6.48. The Morgan fingerprint density at radius 3 is 2.57 bits per heavy atom. The van der Waals surface area contributed by atoms with Crippen molar-refractivity contribution in [2.24, 2.45) is 0 Å². The van der Waals surface area contributed by atoms with Crippen LogP contribution < -0.4 is 10.6 Å². The highest BCUT2D eigenvalue weighted by Crippen LogP contribution is 2.39.